The fourth-order valence-electron chi connectivity index (χ4n) is 1.42. The van der Waals surface area contributed by atoms with E-state index in [1.165, 1.54) is 19.3 Å². The van der Waals surface area contributed by atoms with Crippen LogP contribution < -0.4 is 11.1 Å². The summed E-state index contributed by atoms with van der Waals surface area (Å²) < 4.78 is 0. The third-order valence-electron chi connectivity index (χ3n) is 2.31. The zero-order valence-corrected chi connectivity index (χ0v) is 10.8. The van der Waals surface area contributed by atoms with E-state index in [9.17, 15) is 9.59 Å². The second-order valence-electron chi connectivity index (χ2n) is 4.27. The summed E-state index contributed by atoms with van der Waals surface area (Å²) >= 11 is 0. The molecular formula is C10H26N2O2Si. The Labute approximate surface area is 94.1 Å². The maximum Gasteiger partial charge on any atom is 0.329 e. The highest BCUT2D eigenvalue weighted by atomic mass is 28.4. The van der Waals surface area contributed by atoms with Crippen molar-refractivity contribution in [2.24, 2.45) is 5.73 Å². The molecule has 5 N–H and O–H groups in total. The molecule has 0 aliphatic heterocycles. The van der Waals surface area contributed by atoms with Gasteiger partial charge in [0.15, 0.2) is 0 Å². The summed E-state index contributed by atoms with van der Waals surface area (Å²) in [5.74, 6) is 0. The normalized spacial score (nSPS) is 12.0. The molecule has 0 heterocycles. The molecule has 92 valence electrons. The van der Waals surface area contributed by atoms with Gasteiger partial charge in [0, 0.05) is 0 Å². The van der Waals surface area contributed by atoms with Gasteiger partial charge >= 0.3 is 8.56 Å². The van der Waals surface area contributed by atoms with Crippen LogP contribution in [0.5, 0.6) is 0 Å². The van der Waals surface area contributed by atoms with Crippen LogP contribution in [0, 0.1) is 0 Å². The van der Waals surface area contributed by atoms with Crippen LogP contribution in [-0.4, -0.2) is 37.8 Å². The number of unbranched alkanes of at least 4 members (excludes halogenated alkanes) is 3. The summed E-state index contributed by atoms with van der Waals surface area (Å²) in [5.41, 5.74) is 5.39. The number of hydrogen-bond donors (Lipinski definition) is 4. The molecule has 0 saturated carbocycles. The van der Waals surface area contributed by atoms with Crippen molar-refractivity contribution < 1.29 is 9.59 Å². The molecule has 0 radical (unpaired) electrons. The molecule has 4 nitrogen and oxygen atoms in total. The average Bonchev–Trinajstić information content (AvgIpc) is 2.14. The molecular weight excluding hydrogens is 208 g/mol. The van der Waals surface area contributed by atoms with Crippen LogP contribution in [0.4, 0.5) is 0 Å². The van der Waals surface area contributed by atoms with Gasteiger partial charge in [0.2, 0.25) is 0 Å². The molecule has 0 aromatic heterocycles. The summed E-state index contributed by atoms with van der Waals surface area (Å²) in [4.78, 5) is 18.3. The fourth-order valence-corrected chi connectivity index (χ4v) is 2.27. The second kappa shape index (κ2) is 9.29. The van der Waals surface area contributed by atoms with Crippen LogP contribution in [0.2, 0.25) is 12.6 Å². The van der Waals surface area contributed by atoms with Crippen LogP contribution in [0.1, 0.15) is 32.1 Å². The van der Waals surface area contributed by atoms with Crippen molar-refractivity contribution in [1.29, 1.82) is 0 Å². The summed E-state index contributed by atoms with van der Waals surface area (Å²) in [7, 11) is -2.80. The van der Waals surface area contributed by atoms with E-state index < -0.39 is 8.56 Å². The molecule has 0 saturated heterocycles. The Morgan fingerprint density at radius 3 is 2.20 bits per heavy atom. The summed E-state index contributed by atoms with van der Waals surface area (Å²) in [6.45, 7) is 4.27. The Morgan fingerprint density at radius 1 is 1.00 bits per heavy atom. The molecule has 0 amide bonds. The topological polar surface area (TPSA) is 78.5 Å². The van der Waals surface area contributed by atoms with Crippen molar-refractivity contribution in [3.8, 4) is 0 Å². The van der Waals surface area contributed by atoms with E-state index >= 15 is 0 Å². The van der Waals surface area contributed by atoms with Crippen molar-refractivity contribution in [2.45, 2.75) is 44.7 Å². The Bertz CT molecular complexity index is 140. The van der Waals surface area contributed by atoms with Gasteiger partial charge in [-0.3, -0.25) is 0 Å². The van der Waals surface area contributed by atoms with Gasteiger partial charge in [0.1, 0.15) is 0 Å². The highest BCUT2D eigenvalue weighted by Gasteiger charge is 2.19. The number of hydrogen-bond acceptors (Lipinski definition) is 4. The first-order valence-electron chi connectivity index (χ1n) is 5.92. The van der Waals surface area contributed by atoms with E-state index in [2.05, 4.69) is 5.32 Å². The first kappa shape index (κ1) is 15.1. The standard InChI is InChI=1S/C10H26N2O2Si/c1-15(13,14)10-6-9-12-8-5-3-2-4-7-11/h12-14H,2-11H2,1H3. The van der Waals surface area contributed by atoms with E-state index in [4.69, 9.17) is 5.73 Å². The van der Waals surface area contributed by atoms with Gasteiger partial charge in [-0.15, -0.1) is 0 Å². The molecule has 15 heavy (non-hydrogen) atoms. The quantitative estimate of drug-likeness (QED) is 0.329. The van der Waals surface area contributed by atoms with Crippen molar-refractivity contribution in [3.05, 3.63) is 0 Å². The van der Waals surface area contributed by atoms with Gasteiger partial charge in [-0.2, -0.15) is 0 Å². The zero-order valence-electron chi connectivity index (χ0n) is 9.84. The SMILES string of the molecule is C[Si](O)(O)CCCNCCCCCCN. The predicted octanol–water partition coefficient (Wildman–Crippen LogP) is 0.542. The van der Waals surface area contributed by atoms with Crippen molar-refractivity contribution >= 4 is 8.56 Å². The molecule has 0 unspecified atom stereocenters. The van der Waals surface area contributed by atoms with Crippen LogP contribution in [0.3, 0.4) is 0 Å². The van der Waals surface area contributed by atoms with E-state index in [1.54, 1.807) is 6.55 Å². The van der Waals surface area contributed by atoms with E-state index in [-0.39, 0.29) is 0 Å². The van der Waals surface area contributed by atoms with Crippen LogP contribution in [-0.2, 0) is 0 Å². The molecule has 0 aliphatic rings. The first-order chi connectivity index (χ1) is 7.06. The zero-order chi connectivity index (χ0) is 11.6. The van der Waals surface area contributed by atoms with E-state index in [0.717, 1.165) is 32.5 Å². The summed E-state index contributed by atoms with van der Waals surface area (Å²) in [5, 5.41) is 3.30. The highest BCUT2D eigenvalue weighted by Crippen LogP contribution is 2.03. The summed E-state index contributed by atoms with van der Waals surface area (Å²) in [6.07, 6.45) is 5.62. The Balaban J connectivity index is 2.99. The lowest BCUT2D eigenvalue weighted by atomic mass is 10.2. The third kappa shape index (κ3) is 14.1. The lowest BCUT2D eigenvalue weighted by Crippen LogP contribution is -2.31. The lowest BCUT2D eigenvalue weighted by Gasteiger charge is -2.11. The van der Waals surface area contributed by atoms with Gasteiger partial charge in [0.05, 0.1) is 0 Å². The fraction of sp³-hybridized carbons (Fsp3) is 1.00. The molecule has 0 aromatic carbocycles. The van der Waals surface area contributed by atoms with Gasteiger partial charge in [-0.05, 0) is 51.5 Å². The molecule has 0 rings (SSSR count). The molecule has 0 aromatic rings. The Kier molecular flexibility index (Phi) is 9.33. The minimum atomic E-state index is -2.80. The first-order valence-corrected chi connectivity index (χ1v) is 8.52. The third-order valence-corrected chi connectivity index (χ3v) is 3.61. The molecule has 0 spiro atoms. The minimum absolute atomic E-state index is 0.563. The Hall–Kier alpha value is 0.0569. The maximum atomic E-state index is 9.17. The van der Waals surface area contributed by atoms with E-state index in [1.807, 2.05) is 0 Å². The smallest absolute Gasteiger partial charge is 0.329 e. The van der Waals surface area contributed by atoms with Crippen molar-refractivity contribution in [2.75, 3.05) is 19.6 Å². The molecule has 0 aliphatic carbocycles. The van der Waals surface area contributed by atoms with Crippen molar-refractivity contribution in [3.63, 3.8) is 0 Å². The lowest BCUT2D eigenvalue weighted by molar-refractivity contribution is 0.366. The number of nitrogens with two attached hydrogens (primary N) is 1. The van der Waals surface area contributed by atoms with Crippen molar-refractivity contribution in [1.82, 2.24) is 5.32 Å². The average molecular weight is 234 g/mol. The molecule has 0 atom stereocenters. The van der Waals surface area contributed by atoms with Gasteiger partial charge in [-0.25, -0.2) is 0 Å². The highest BCUT2D eigenvalue weighted by molar-refractivity contribution is 6.63. The number of rotatable bonds is 10. The molecule has 0 bridgehead atoms. The minimum Gasteiger partial charge on any atom is -0.411 e. The van der Waals surface area contributed by atoms with Crippen LogP contribution in [0.15, 0.2) is 0 Å². The number of nitrogens with one attached hydrogen (secondary N) is 1. The molecule has 5 heteroatoms. The largest absolute Gasteiger partial charge is 0.411 e. The van der Waals surface area contributed by atoms with Crippen LogP contribution >= 0.6 is 0 Å². The second-order valence-corrected chi connectivity index (χ2v) is 7.21. The summed E-state index contributed by atoms with van der Waals surface area (Å²) in [6, 6.07) is 0.563. The van der Waals surface area contributed by atoms with Crippen LogP contribution in [0.25, 0.3) is 0 Å². The Morgan fingerprint density at radius 2 is 1.60 bits per heavy atom. The van der Waals surface area contributed by atoms with Gasteiger partial charge in [-0.1, -0.05) is 12.8 Å². The predicted molar refractivity (Wildman–Crippen MR) is 65.9 cm³/mol. The van der Waals surface area contributed by atoms with Gasteiger partial charge in [0.25, 0.3) is 0 Å². The monoisotopic (exact) mass is 234 g/mol. The van der Waals surface area contributed by atoms with Gasteiger partial charge < -0.3 is 20.6 Å². The van der Waals surface area contributed by atoms with E-state index in [0.29, 0.717) is 6.04 Å². The molecule has 0 fully saturated rings. The maximum absolute atomic E-state index is 9.17.